The summed E-state index contributed by atoms with van der Waals surface area (Å²) < 4.78 is 43.6. The van der Waals surface area contributed by atoms with E-state index in [-0.39, 0.29) is 33.6 Å². The van der Waals surface area contributed by atoms with E-state index < -0.39 is 29.6 Å². The van der Waals surface area contributed by atoms with E-state index in [4.69, 9.17) is 16.1 Å². The molecular weight excluding hydrogens is 491 g/mol. The molecule has 35 heavy (non-hydrogen) atoms. The van der Waals surface area contributed by atoms with Crippen molar-refractivity contribution in [2.75, 3.05) is 5.32 Å². The number of carbonyl (C=O) groups is 2. The molecule has 180 valence electrons. The second-order valence-corrected chi connectivity index (χ2v) is 7.54. The number of H-pyrrole nitrogens is 1. The van der Waals surface area contributed by atoms with E-state index in [0.717, 1.165) is 24.5 Å². The van der Waals surface area contributed by atoms with E-state index >= 15 is 0 Å². The number of aromatic amines is 1. The van der Waals surface area contributed by atoms with Gasteiger partial charge in [0.25, 0.3) is 11.8 Å². The fraction of sp³-hybridized carbons (Fsp3) is 0.143. The molecule has 0 bridgehead atoms. The van der Waals surface area contributed by atoms with Crippen LogP contribution in [-0.2, 0) is 6.18 Å². The number of hydrogen-bond acceptors (Lipinski definition) is 7. The lowest BCUT2D eigenvalue weighted by Gasteiger charge is -2.11. The first kappa shape index (κ1) is 23.9. The SMILES string of the molecule is CC(NC(=O)c1ncnc(-c2ncc[nH]2)c1Cl)c1cc(C(=O)Nc2cccc(C(F)(F)F)c2)on1. The Bertz CT molecular complexity index is 1370. The van der Waals surface area contributed by atoms with Crippen LogP contribution in [0, 0.1) is 0 Å². The number of imidazole rings is 1. The largest absolute Gasteiger partial charge is 0.416 e. The average molecular weight is 506 g/mol. The van der Waals surface area contributed by atoms with Crippen LogP contribution in [0.3, 0.4) is 0 Å². The summed E-state index contributed by atoms with van der Waals surface area (Å²) in [6, 6.07) is 4.66. The molecular formula is C21H15ClF3N7O3. The van der Waals surface area contributed by atoms with Crippen molar-refractivity contribution in [3.05, 3.63) is 76.8 Å². The predicted octanol–water partition coefficient (Wildman–Crippen LogP) is 4.27. The number of halogens is 4. The molecule has 3 aromatic heterocycles. The fourth-order valence-electron chi connectivity index (χ4n) is 2.99. The number of hydrogen-bond donors (Lipinski definition) is 3. The summed E-state index contributed by atoms with van der Waals surface area (Å²) in [5, 5.41) is 8.67. The second-order valence-electron chi connectivity index (χ2n) is 7.17. The first-order chi connectivity index (χ1) is 16.6. The van der Waals surface area contributed by atoms with Crippen LogP contribution in [0.1, 0.15) is 45.3 Å². The van der Waals surface area contributed by atoms with E-state index in [1.807, 2.05) is 0 Å². The highest BCUT2D eigenvalue weighted by molar-refractivity contribution is 6.35. The number of rotatable bonds is 6. The lowest BCUT2D eigenvalue weighted by atomic mass is 10.2. The first-order valence-electron chi connectivity index (χ1n) is 9.90. The zero-order valence-electron chi connectivity index (χ0n) is 17.7. The third-order valence-electron chi connectivity index (χ3n) is 4.72. The van der Waals surface area contributed by atoms with Gasteiger partial charge in [0.05, 0.1) is 11.6 Å². The van der Waals surface area contributed by atoms with Gasteiger partial charge in [-0.1, -0.05) is 22.8 Å². The number of amides is 2. The molecule has 4 aromatic rings. The zero-order valence-corrected chi connectivity index (χ0v) is 18.5. The van der Waals surface area contributed by atoms with Crippen molar-refractivity contribution in [2.24, 2.45) is 0 Å². The first-order valence-corrected chi connectivity index (χ1v) is 10.3. The highest BCUT2D eigenvalue weighted by atomic mass is 35.5. The molecule has 1 unspecified atom stereocenters. The van der Waals surface area contributed by atoms with E-state index in [1.165, 1.54) is 18.3 Å². The molecule has 0 saturated carbocycles. The molecule has 4 rings (SSSR count). The van der Waals surface area contributed by atoms with E-state index in [9.17, 15) is 22.8 Å². The van der Waals surface area contributed by atoms with Crippen LogP contribution in [0.25, 0.3) is 11.5 Å². The van der Waals surface area contributed by atoms with Gasteiger partial charge < -0.3 is 20.1 Å². The minimum Gasteiger partial charge on any atom is -0.351 e. The zero-order chi connectivity index (χ0) is 25.2. The summed E-state index contributed by atoms with van der Waals surface area (Å²) in [5.74, 6) is -1.37. The van der Waals surface area contributed by atoms with Gasteiger partial charge in [0.15, 0.2) is 11.5 Å². The van der Waals surface area contributed by atoms with Crippen LogP contribution in [0.5, 0.6) is 0 Å². The molecule has 1 atom stereocenters. The number of carbonyl (C=O) groups excluding carboxylic acids is 2. The van der Waals surface area contributed by atoms with Crippen molar-refractivity contribution >= 4 is 29.1 Å². The van der Waals surface area contributed by atoms with Gasteiger partial charge in [-0.2, -0.15) is 13.2 Å². The van der Waals surface area contributed by atoms with Crippen molar-refractivity contribution < 1.29 is 27.3 Å². The summed E-state index contributed by atoms with van der Waals surface area (Å²) in [6.07, 6.45) is -0.323. The molecule has 3 N–H and O–H groups in total. The Morgan fingerprint density at radius 3 is 2.66 bits per heavy atom. The molecule has 2 amide bonds. The molecule has 0 fully saturated rings. The Morgan fingerprint density at radius 2 is 1.94 bits per heavy atom. The maximum absolute atomic E-state index is 12.9. The number of nitrogens with zero attached hydrogens (tertiary/aromatic N) is 4. The summed E-state index contributed by atoms with van der Waals surface area (Å²) >= 11 is 6.28. The Balaban J connectivity index is 1.44. The third kappa shape index (κ3) is 5.30. The van der Waals surface area contributed by atoms with Crippen LogP contribution in [0.4, 0.5) is 18.9 Å². The Labute approximate surface area is 199 Å². The van der Waals surface area contributed by atoms with Gasteiger partial charge in [-0.05, 0) is 25.1 Å². The minimum atomic E-state index is -4.56. The molecule has 3 heterocycles. The number of aromatic nitrogens is 5. The minimum absolute atomic E-state index is 0.0199. The predicted molar refractivity (Wildman–Crippen MR) is 116 cm³/mol. The Hall–Kier alpha value is -4.26. The maximum Gasteiger partial charge on any atom is 0.416 e. The number of alkyl halides is 3. The monoisotopic (exact) mass is 505 g/mol. The van der Waals surface area contributed by atoms with Gasteiger partial charge in [0, 0.05) is 24.1 Å². The van der Waals surface area contributed by atoms with Gasteiger partial charge in [0.1, 0.15) is 22.7 Å². The van der Waals surface area contributed by atoms with E-state index in [1.54, 1.807) is 13.1 Å². The number of nitrogens with one attached hydrogen (secondary N) is 3. The molecule has 1 aromatic carbocycles. The second kappa shape index (κ2) is 9.54. The molecule has 0 aliphatic carbocycles. The lowest BCUT2D eigenvalue weighted by Crippen LogP contribution is -2.28. The topological polar surface area (TPSA) is 139 Å². The van der Waals surface area contributed by atoms with Gasteiger partial charge in [-0.3, -0.25) is 9.59 Å². The van der Waals surface area contributed by atoms with E-state index in [0.29, 0.717) is 5.82 Å². The van der Waals surface area contributed by atoms with Gasteiger partial charge >= 0.3 is 6.18 Å². The normalized spacial score (nSPS) is 12.3. The lowest BCUT2D eigenvalue weighted by molar-refractivity contribution is -0.137. The number of benzene rings is 1. The Kier molecular flexibility index (Phi) is 6.51. The maximum atomic E-state index is 12.9. The molecule has 0 aliphatic rings. The summed E-state index contributed by atoms with van der Waals surface area (Å²) in [7, 11) is 0. The van der Waals surface area contributed by atoms with Crippen molar-refractivity contribution in [3.63, 3.8) is 0 Å². The summed E-state index contributed by atoms with van der Waals surface area (Å²) in [6.45, 7) is 1.58. The van der Waals surface area contributed by atoms with Crippen LogP contribution in [0.2, 0.25) is 5.02 Å². The van der Waals surface area contributed by atoms with Crippen molar-refractivity contribution in [1.82, 2.24) is 30.4 Å². The molecule has 0 radical (unpaired) electrons. The summed E-state index contributed by atoms with van der Waals surface area (Å²) in [5.41, 5.74) is -0.673. The third-order valence-corrected chi connectivity index (χ3v) is 5.08. The quantitative estimate of drug-likeness (QED) is 0.355. The molecule has 0 spiro atoms. The highest BCUT2D eigenvalue weighted by Crippen LogP contribution is 2.31. The smallest absolute Gasteiger partial charge is 0.351 e. The Morgan fingerprint density at radius 1 is 1.14 bits per heavy atom. The summed E-state index contributed by atoms with van der Waals surface area (Å²) in [4.78, 5) is 39.9. The number of anilines is 1. The standard InChI is InChI=1S/C21H15ClF3N7O3/c1-10(30-20(34)17-15(22)16(28-9-29-17)18-26-5-6-27-18)13-8-14(35-32-13)19(33)31-12-4-2-3-11(7-12)21(23,24)25/h2-10H,1H3,(H,26,27)(H,30,34)(H,31,33). The van der Waals surface area contributed by atoms with Crippen molar-refractivity contribution in [1.29, 1.82) is 0 Å². The van der Waals surface area contributed by atoms with E-state index in [2.05, 4.69) is 35.7 Å². The van der Waals surface area contributed by atoms with Crippen LogP contribution in [-0.4, -0.2) is 36.9 Å². The van der Waals surface area contributed by atoms with Crippen LogP contribution < -0.4 is 10.6 Å². The molecule has 0 saturated heterocycles. The van der Waals surface area contributed by atoms with Crippen LogP contribution >= 0.6 is 11.6 Å². The highest BCUT2D eigenvalue weighted by Gasteiger charge is 2.30. The average Bonchev–Trinajstić information content (AvgIpc) is 3.51. The van der Waals surface area contributed by atoms with Crippen LogP contribution in [0.15, 0.2) is 53.6 Å². The molecule has 0 aliphatic heterocycles. The van der Waals surface area contributed by atoms with Crippen molar-refractivity contribution in [3.8, 4) is 11.5 Å². The van der Waals surface area contributed by atoms with Crippen molar-refractivity contribution in [2.45, 2.75) is 19.1 Å². The van der Waals surface area contributed by atoms with Gasteiger partial charge in [0.2, 0.25) is 5.76 Å². The van der Waals surface area contributed by atoms with Gasteiger partial charge in [-0.15, -0.1) is 0 Å². The molecule has 10 nitrogen and oxygen atoms in total. The molecule has 14 heteroatoms. The van der Waals surface area contributed by atoms with Gasteiger partial charge in [-0.25, -0.2) is 15.0 Å². The fourth-order valence-corrected chi connectivity index (χ4v) is 3.27.